The molecule has 2 unspecified atom stereocenters. The van der Waals surface area contributed by atoms with Crippen molar-refractivity contribution in [2.24, 2.45) is 0 Å². The summed E-state index contributed by atoms with van der Waals surface area (Å²) in [6.07, 6.45) is 2.89. The quantitative estimate of drug-likeness (QED) is 0.657. The van der Waals surface area contributed by atoms with Crippen molar-refractivity contribution in [3.8, 4) is 5.69 Å². The van der Waals surface area contributed by atoms with Gasteiger partial charge < -0.3 is 14.8 Å². The van der Waals surface area contributed by atoms with Crippen LogP contribution in [0.2, 0.25) is 0 Å². The van der Waals surface area contributed by atoms with Crippen molar-refractivity contribution in [2.75, 3.05) is 7.05 Å². The number of aromatic nitrogens is 2. The second-order valence-electron chi connectivity index (χ2n) is 7.42. The monoisotopic (exact) mass is 390 g/mol. The first-order valence-electron chi connectivity index (χ1n) is 9.73. The predicted molar refractivity (Wildman–Crippen MR) is 118 cm³/mol. The van der Waals surface area contributed by atoms with Crippen molar-refractivity contribution in [1.82, 2.24) is 19.8 Å². The van der Waals surface area contributed by atoms with Crippen molar-refractivity contribution in [3.63, 3.8) is 0 Å². The molecule has 0 bridgehead atoms. The lowest BCUT2D eigenvalue weighted by Crippen LogP contribution is -2.25. The second-order valence-corrected chi connectivity index (χ2v) is 7.81. The van der Waals surface area contributed by atoms with Gasteiger partial charge in [0.2, 0.25) is 0 Å². The van der Waals surface area contributed by atoms with Crippen molar-refractivity contribution >= 4 is 17.3 Å². The Morgan fingerprint density at radius 1 is 1.11 bits per heavy atom. The third-order valence-electron chi connectivity index (χ3n) is 5.73. The van der Waals surface area contributed by atoms with Crippen LogP contribution in [-0.4, -0.2) is 26.6 Å². The summed E-state index contributed by atoms with van der Waals surface area (Å²) in [4.78, 5) is 6.74. The molecule has 0 saturated carbocycles. The molecule has 144 valence electrons. The van der Waals surface area contributed by atoms with E-state index < -0.39 is 0 Å². The Morgan fingerprint density at radius 3 is 2.50 bits per heavy atom. The normalized spacial score (nSPS) is 19.1. The lowest BCUT2D eigenvalue weighted by atomic mass is 9.97. The van der Waals surface area contributed by atoms with Crippen molar-refractivity contribution in [1.29, 1.82) is 0 Å². The topological polar surface area (TPSA) is 33.1 Å². The van der Waals surface area contributed by atoms with Gasteiger partial charge in [0.25, 0.3) is 0 Å². The minimum absolute atomic E-state index is 0.0371. The Labute approximate surface area is 172 Å². The number of rotatable bonds is 4. The molecule has 0 spiro atoms. The number of nitrogens with zero attached hydrogens (tertiary/aromatic N) is 3. The van der Waals surface area contributed by atoms with E-state index in [4.69, 9.17) is 12.2 Å². The van der Waals surface area contributed by atoms with Gasteiger partial charge in [-0.3, -0.25) is 4.98 Å². The van der Waals surface area contributed by atoms with E-state index >= 15 is 0 Å². The Bertz CT molecular complexity index is 991. The molecular weight excluding hydrogens is 364 g/mol. The van der Waals surface area contributed by atoms with Crippen LogP contribution < -0.4 is 5.32 Å². The van der Waals surface area contributed by atoms with Gasteiger partial charge in [-0.05, 0) is 73.9 Å². The maximum atomic E-state index is 5.58. The van der Waals surface area contributed by atoms with Crippen LogP contribution >= 0.6 is 12.2 Å². The van der Waals surface area contributed by atoms with E-state index in [9.17, 15) is 0 Å². The van der Waals surface area contributed by atoms with Crippen LogP contribution in [0.15, 0.2) is 54.7 Å². The highest BCUT2D eigenvalue weighted by atomic mass is 32.1. The minimum atomic E-state index is 0.0371. The zero-order chi connectivity index (χ0) is 19.8. The number of nitrogens with one attached hydrogen (secondary N) is 1. The highest BCUT2D eigenvalue weighted by Crippen LogP contribution is 2.40. The summed E-state index contributed by atoms with van der Waals surface area (Å²) >= 11 is 5.58. The van der Waals surface area contributed by atoms with Crippen molar-refractivity contribution in [2.45, 2.75) is 39.3 Å². The second kappa shape index (κ2) is 7.40. The molecule has 1 aromatic carbocycles. The van der Waals surface area contributed by atoms with Gasteiger partial charge in [-0.2, -0.15) is 0 Å². The molecule has 1 aliphatic rings. The number of benzene rings is 1. The molecule has 28 heavy (non-hydrogen) atoms. The van der Waals surface area contributed by atoms with Gasteiger partial charge >= 0.3 is 0 Å². The first-order valence-corrected chi connectivity index (χ1v) is 10.1. The molecule has 2 atom stereocenters. The number of likely N-dealkylation sites (N-methyl/N-ethyl adjacent to an activating group) is 1. The van der Waals surface area contributed by atoms with E-state index in [2.05, 4.69) is 84.0 Å². The van der Waals surface area contributed by atoms with Crippen LogP contribution in [0.25, 0.3) is 5.69 Å². The molecule has 3 aromatic rings. The molecule has 3 heterocycles. The summed E-state index contributed by atoms with van der Waals surface area (Å²) in [5, 5.41) is 4.23. The van der Waals surface area contributed by atoms with Gasteiger partial charge in [0.15, 0.2) is 5.11 Å². The molecule has 1 aliphatic heterocycles. The Kier molecular flexibility index (Phi) is 4.94. The lowest BCUT2D eigenvalue weighted by Gasteiger charge is -2.24. The zero-order valence-corrected chi connectivity index (χ0v) is 17.6. The summed E-state index contributed by atoms with van der Waals surface area (Å²) in [6, 6.07) is 17.3. The first kappa shape index (κ1) is 18.7. The van der Waals surface area contributed by atoms with Gasteiger partial charge in [-0.25, -0.2) is 0 Å². The standard InChI is InChI=1S/C23H26N4S/c1-5-17-9-11-18(12-10-17)27-15(2)14-19(16(27)3)22-21(25-23(28)26(22)4)20-8-6-7-13-24-20/h6-14,21-22H,5H2,1-4H3,(H,25,28). The van der Waals surface area contributed by atoms with Crippen LogP contribution in [0, 0.1) is 13.8 Å². The van der Waals surface area contributed by atoms with Crippen LogP contribution in [-0.2, 0) is 6.42 Å². The fraction of sp³-hybridized carbons (Fsp3) is 0.304. The smallest absolute Gasteiger partial charge is 0.169 e. The molecule has 2 aromatic heterocycles. The molecule has 0 amide bonds. The fourth-order valence-electron chi connectivity index (χ4n) is 4.21. The maximum absolute atomic E-state index is 5.58. The maximum Gasteiger partial charge on any atom is 0.169 e. The van der Waals surface area contributed by atoms with E-state index in [0.29, 0.717) is 0 Å². The molecule has 1 N–H and O–H groups in total. The molecule has 5 heteroatoms. The number of aryl methyl sites for hydroxylation is 2. The summed E-state index contributed by atoms with van der Waals surface area (Å²) in [5.41, 5.74) is 7.31. The van der Waals surface area contributed by atoms with E-state index in [0.717, 1.165) is 17.2 Å². The number of hydrogen-bond donors (Lipinski definition) is 1. The van der Waals surface area contributed by atoms with Crippen molar-refractivity contribution < 1.29 is 0 Å². The Morgan fingerprint density at radius 2 is 1.86 bits per heavy atom. The fourth-order valence-corrected chi connectivity index (χ4v) is 4.45. The molecule has 1 saturated heterocycles. The van der Waals surface area contributed by atoms with Crippen LogP contribution in [0.3, 0.4) is 0 Å². The Hall–Kier alpha value is -2.66. The van der Waals surface area contributed by atoms with E-state index in [1.165, 1.54) is 28.2 Å². The van der Waals surface area contributed by atoms with E-state index in [1.807, 2.05) is 18.3 Å². The Balaban J connectivity index is 1.78. The lowest BCUT2D eigenvalue weighted by molar-refractivity contribution is 0.367. The molecule has 4 rings (SSSR count). The SMILES string of the molecule is CCc1ccc(-n2c(C)cc(C3C(c4ccccn4)NC(=S)N3C)c2C)cc1. The molecule has 0 radical (unpaired) electrons. The third kappa shape index (κ3) is 3.10. The van der Waals surface area contributed by atoms with E-state index in [-0.39, 0.29) is 12.1 Å². The number of thiocarbonyl (C=S) groups is 1. The number of pyridine rings is 1. The highest BCUT2D eigenvalue weighted by Gasteiger charge is 2.39. The highest BCUT2D eigenvalue weighted by molar-refractivity contribution is 7.80. The zero-order valence-electron chi connectivity index (χ0n) is 16.8. The van der Waals surface area contributed by atoms with Gasteiger partial charge in [0, 0.05) is 30.3 Å². The van der Waals surface area contributed by atoms with Gasteiger partial charge in [0.05, 0.1) is 17.8 Å². The minimum Gasteiger partial charge on any atom is -0.352 e. The summed E-state index contributed by atoms with van der Waals surface area (Å²) in [7, 11) is 2.06. The first-order chi connectivity index (χ1) is 13.5. The summed E-state index contributed by atoms with van der Waals surface area (Å²) < 4.78 is 2.33. The molecule has 0 aliphatic carbocycles. The molecule has 4 nitrogen and oxygen atoms in total. The van der Waals surface area contributed by atoms with Crippen LogP contribution in [0.4, 0.5) is 0 Å². The van der Waals surface area contributed by atoms with E-state index in [1.54, 1.807) is 0 Å². The van der Waals surface area contributed by atoms with Gasteiger partial charge in [-0.15, -0.1) is 0 Å². The average Bonchev–Trinajstić information content (AvgIpc) is 3.17. The third-order valence-corrected chi connectivity index (χ3v) is 6.14. The predicted octanol–water partition coefficient (Wildman–Crippen LogP) is 4.65. The largest absolute Gasteiger partial charge is 0.352 e. The van der Waals surface area contributed by atoms with Gasteiger partial charge in [0.1, 0.15) is 0 Å². The molecule has 1 fully saturated rings. The van der Waals surface area contributed by atoms with Crippen molar-refractivity contribution in [3.05, 3.63) is 82.9 Å². The number of hydrogen-bond acceptors (Lipinski definition) is 2. The summed E-state index contributed by atoms with van der Waals surface area (Å²) in [5.74, 6) is 0. The average molecular weight is 391 g/mol. The molecular formula is C23H26N4S. The van der Waals surface area contributed by atoms with Crippen LogP contribution in [0.5, 0.6) is 0 Å². The van der Waals surface area contributed by atoms with Gasteiger partial charge in [-0.1, -0.05) is 25.1 Å². The van der Waals surface area contributed by atoms with Crippen LogP contribution in [0.1, 0.15) is 47.2 Å². The summed E-state index contributed by atoms with van der Waals surface area (Å²) in [6.45, 7) is 6.55.